The summed E-state index contributed by atoms with van der Waals surface area (Å²) in [5.74, 6) is 1.18. The van der Waals surface area contributed by atoms with Crippen molar-refractivity contribution in [2.24, 2.45) is 0 Å². The summed E-state index contributed by atoms with van der Waals surface area (Å²) in [6, 6.07) is 8.28. The first-order chi connectivity index (χ1) is 9.22. The van der Waals surface area contributed by atoms with E-state index in [4.69, 9.17) is 9.26 Å². The van der Waals surface area contributed by atoms with Gasteiger partial charge in [-0.1, -0.05) is 24.2 Å². The van der Waals surface area contributed by atoms with E-state index in [-0.39, 0.29) is 0 Å². The molecule has 19 heavy (non-hydrogen) atoms. The van der Waals surface area contributed by atoms with Gasteiger partial charge in [0.15, 0.2) is 0 Å². The number of aromatic nitrogens is 2. The smallest absolute Gasteiger partial charge is 0.223 e. The van der Waals surface area contributed by atoms with Crippen molar-refractivity contribution in [3.8, 4) is 11.4 Å². The van der Waals surface area contributed by atoms with Crippen LogP contribution in [0, 0.1) is 6.92 Å². The first kappa shape index (κ1) is 13.5. The Morgan fingerprint density at radius 1 is 1.42 bits per heavy atom. The molecule has 0 radical (unpaired) electrons. The minimum Gasteiger partial charge on any atom is -0.383 e. The van der Waals surface area contributed by atoms with Gasteiger partial charge in [-0.2, -0.15) is 4.98 Å². The summed E-state index contributed by atoms with van der Waals surface area (Å²) in [4.78, 5) is 4.23. The number of nitrogens with zero attached hydrogens (tertiary/aromatic N) is 2. The van der Waals surface area contributed by atoms with Gasteiger partial charge in [0.25, 0.3) is 0 Å². The second kappa shape index (κ2) is 6.33. The highest BCUT2D eigenvalue weighted by Gasteiger charge is 2.09. The van der Waals surface area contributed by atoms with Crippen LogP contribution in [0.3, 0.4) is 0 Å². The highest BCUT2D eigenvalue weighted by atomic mass is 16.5. The van der Waals surface area contributed by atoms with Crippen LogP contribution in [-0.4, -0.2) is 29.9 Å². The number of benzene rings is 1. The van der Waals surface area contributed by atoms with Crippen LogP contribution >= 0.6 is 0 Å². The molecule has 0 saturated carbocycles. The van der Waals surface area contributed by atoms with Crippen LogP contribution in [0.4, 0.5) is 5.69 Å². The lowest BCUT2D eigenvalue weighted by molar-refractivity contribution is 0.184. The zero-order valence-corrected chi connectivity index (χ0v) is 11.5. The molecule has 0 spiro atoms. The fourth-order valence-electron chi connectivity index (χ4n) is 1.86. The molecule has 1 heterocycles. The monoisotopic (exact) mass is 261 g/mol. The van der Waals surface area contributed by atoms with Gasteiger partial charge in [0.1, 0.15) is 0 Å². The molecule has 1 atom stereocenters. The average Bonchev–Trinajstić information content (AvgIpc) is 2.85. The van der Waals surface area contributed by atoms with E-state index in [1.165, 1.54) is 0 Å². The molecule has 0 saturated heterocycles. The van der Waals surface area contributed by atoms with Crippen LogP contribution in [0.5, 0.6) is 0 Å². The lowest BCUT2D eigenvalue weighted by Gasteiger charge is -2.17. The lowest BCUT2D eigenvalue weighted by atomic mass is 10.1. The van der Waals surface area contributed by atoms with E-state index in [0.29, 0.717) is 24.4 Å². The minimum atomic E-state index is 0.298. The highest BCUT2D eigenvalue weighted by molar-refractivity contribution is 5.62. The maximum atomic E-state index is 5.18. The van der Waals surface area contributed by atoms with Crippen molar-refractivity contribution in [3.63, 3.8) is 0 Å². The minimum absolute atomic E-state index is 0.298. The van der Waals surface area contributed by atoms with E-state index < -0.39 is 0 Å². The Labute approximate surface area is 113 Å². The van der Waals surface area contributed by atoms with Gasteiger partial charge in [-0.25, -0.2) is 0 Å². The fourth-order valence-corrected chi connectivity index (χ4v) is 1.86. The van der Waals surface area contributed by atoms with Gasteiger partial charge in [0.05, 0.1) is 6.61 Å². The third kappa shape index (κ3) is 3.54. The number of hydrogen-bond donors (Lipinski definition) is 1. The molecular weight excluding hydrogens is 242 g/mol. The summed E-state index contributed by atoms with van der Waals surface area (Å²) in [7, 11) is 1.71. The van der Waals surface area contributed by atoms with Crippen molar-refractivity contribution < 1.29 is 9.26 Å². The normalized spacial score (nSPS) is 12.4. The molecule has 0 aliphatic heterocycles. The van der Waals surface area contributed by atoms with Gasteiger partial charge >= 0.3 is 0 Å². The number of ether oxygens (including phenoxy) is 1. The Balaban J connectivity index is 2.15. The predicted octanol–water partition coefficient (Wildman–Crippen LogP) is 2.88. The van der Waals surface area contributed by atoms with Gasteiger partial charge in [-0.15, -0.1) is 0 Å². The van der Waals surface area contributed by atoms with E-state index >= 15 is 0 Å². The molecule has 2 aromatic rings. The molecule has 102 valence electrons. The average molecular weight is 261 g/mol. The van der Waals surface area contributed by atoms with Crippen LogP contribution in [0.15, 0.2) is 28.8 Å². The molecule has 2 rings (SSSR count). The fraction of sp³-hybridized carbons (Fsp3) is 0.429. The summed E-state index contributed by atoms with van der Waals surface area (Å²) in [5.41, 5.74) is 1.97. The molecule has 0 fully saturated rings. The van der Waals surface area contributed by atoms with Gasteiger partial charge < -0.3 is 14.6 Å². The van der Waals surface area contributed by atoms with Crippen LogP contribution in [0.1, 0.15) is 19.2 Å². The second-order valence-corrected chi connectivity index (χ2v) is 4.42. The molecule has 1 aromatic heterocycles. The number of methoxy groups -OCH3 is 1. The summed E-state index contributed by atoms with van der Waals surface area (Å²) in [5, 5.41) is 7.36. The van der Waals surface area contributed by atoms with E-state index in [0.717, 1.165) is 17.7 Å². The SMILES string of the molecule is CCC(COC)Nc1cccc(-c2noc(C)n2)c1. The van der Waals surface area contributed by atoms with E-state index in [1.54, 1.807) is 14.0 Å². The summed E-state index contributed by atoms with van der Waals surface area (Å²) < 4.78 is 10.2. The Bertz CT molecular complexity index is 525. The molecule has 0 bridgehead atoms. The molecule has 1 aromatic carbocycles. The Morgan fingerprint density at radius 2 is 2.26 bits per heavy atom. The first-order valence-corrected chi connectivity index (χ1v) is 6.39. The molecule has 5 nitrogen and oxygen atoms in total. The standard InChI is InChI=1S/C14H19N3O2/c1-4-12(9-18-3)16-13-7-5-6-11(8-13)14-15-10(2)19-17-14/h5-8,12,16H,4,9H2,1-3H3. The maximum absolute atomic E-state index is 5.18. The van der Waals surface area contributed by atoms with Gasteiger partial charge in [0, 0.05) is 31.3 Å². The molecular formula is C14H19N3O2. The Morgan fingerprint density at radius 3 is 2.89 bits per heavy atom. The first-order valence-electron chi connectivity index (χ1n) is 6.39. The Kier molecular flexibility index (Phi) is 4.52. The van der Waals surface area contributed by atoms with Crippen molar-refractivity contribution in [1.29, 1.82) is 0 Å². The quantitative estimate of drug-likeness (QED) is 0.866. The highest BCUT2D eigenvalue weighted by Crippen LogP contribution is 2.20. The molecule has 0 amide bonds. The van der Waals surface area contributed by atoms with Gasteiger partial charge in [0.2, 0.25) is 11.7 Å². The van der Waals surface area contributed by atoms with E-state index in [2.05, 4.69) is 22.4 Å². The number of aryl methyl sites for hydroxylation is 1. The third-order valence-electron chi connectivity index (χ3n) is 2.88. The zero-order valence-electron chi connectivity index (χ0n) is 11.5. The number of nitrogens with one attached hydrogen (secondary N) is 1. The summed E-state index contributed by atoms with van der Waals surface area (Å²) >= 11 is 0. The number of hydrogen-bond acceptors (Lipinski definition) is 5. The predicted molar refractivity (Wildman–Crippen MR) is 74.0 cm³/mol. The summed E-state index contributed by atoms with van der Waals surface area (Å²) in [6.07, 6.45) is 0.999. The Hall–Kier alpha value is -1.88. The molecule has 1 unspecified atom stereocenters. The molecule has 1 N–H and O–H groups in total. The third-order valence-corrected chi connectivity index (χ3v) is 2.88. The van der Waals surface area contributed by atoms with E-state index in [9.17, 15) is 0 Å². The van der Waals surface area contributed by atoms with E-state index in [1.807, 2.05) is 24.3 Å². The van der Waals surface area contributed by atoms with Crippen LogP contribution in [-0.2, 0) is 4.74 Å². The topological polar surface area (TPSA) is 60.2 Å². The lowest BCUT2D eigenvalue weighted by Crippen LogP contribution is -2.23. The van der Waals surface area contributed by atoms with Crippen LogP contribution < -0.4 is 5.32 Å². The van der Waals surface area contributed by atoms with Crippen molar-refractivity contribution in [2.45, 2.75) is 26.3 Å². The number of rotatable bonds is 6. The van der Waals surface area contributed by atoms with Gasteiger partial charge in [-0.3, -0.25) is 0 Å². The molecule has 0 aliphatic carbocycles. The number of anilines is 1. The zero-order chi connectivity index (χ0) is 13.7. The van der Waals surface area contributed by atoms with Crippen LogP contribution in [0.2, 0.25) is 0 Å². The molecule has 0 aliphatic rings. The summed E-state index contributed by atoms with van der Waals surface area (Å²) in [6.45, 7) is 4.59. The van der Waals surface area contributed by atoms with Crippen molar-refractivity contribution in [1.82, 2.24) is 10.1 Å². The largest absolute Gasteiger partial charge is 0.383 e. The van der Waals surface area contributed by atoms with Gasteiger partial charge in [-0.05, 0) is 18.6 Å². The second-order valence-electron chi connectivity index (χ2n) is 4.42. The maximum Gasteiger partial charge on any atom is 0.223 e. The molecule has 5 heteroatoms. The van der Waals surface area contributed by atoms with Crippen molar-refractivity contribution in [2.75, 3.05) is 19.0 Å². The van der Waals surface area contributed by atoms with Crippen molar-refractivity contribution in [3.05, 3.63) is 30.2 Å². The van der Waals surface area contributed by atoms with Crippen LogP contribution in [0.25, 0.3) is 11.4 Å². The van der Waals surface area contributed by atoms with Crippen molar-refractivity contribution >= 4 is 5.69 Å².